The Labute approximate surface area is 146 Å². The minimum Gasteiger partial charge on any atom is -0.494 e. The van der Waals surface area contributed by atoms with Crippen LogP contribution in [0.15, 0.2) is 42.5 Å². The number of carbonyl (C=O) groups excluding carboxylic acids is 1. The molecule has 2 aromatic rings. The first kappa shape index (κ1) is 16.8. The first-order valence-corrected chi connectivity index (χ1v) is 8.41. The van der Waals surface area contributed by atoms with Crippen LogP contribution in [0.1, 0.15) is 30.9 Å². The van der Waals surface area contributed by atoms with Crippen molar-refractivity contribution in [2.75, 3.05) is 11.9 Å². The van der Waals surface area contributed by atoms with Gasteiger partial charge in [-0.15, -0.1) is 0 Å². The van der Waals surface area contributed by atoms with Crippen molar-refractivity contribution in [2.45, 2.75) is 31.8 Å². The van der Waals surface area contributed by atoms with Crippen molar-refractivity contribution in [2.24, 2.45) is 0 Å². The smallest absolute Gasteiger partial charge is 0.235 e. The Balaban J connectivity index is 1.78. The third-order valence-corrected chi connectivity index (χ3v) is 4.62. The summed E-state index contributed by atoms with van der Waals surface area (Å²) in [6.45, 7) is 2.28. The third kappa shape index (κ3) is 3.25. The summed E-state index contributed by atoms with van der Waals surface area (Å²) in [6, 6.07) is 12.8. The lowest BCUT2D eigenvalue weighted by molar-refractivity contribution is -0.118. The van der Waals surface area contributed by atoms with E-state index in [1.165, 1.54) is 0 Å². The lowest BCUT2D eigenvalue weighted by Crippen LogP contribution is -2.27. The van der Waals surface area contributed by atoms with Gasteiger partial charge in [0.25, 0.3) is 0 Å². The van der Waals surface area contributed by atoms with Gasteiger partial charge in [0, 0.05) is 16.3 Å². The van der Waals surface area contributed by atoms with E-state index < -0.39 is 5.41 Å². The fourth-order valence-corrected chi connectivity index (χ4v) is 2.99. The molecule has 1 fully saturated rings. The first-order chi connectivity index (χ1) is 11.6. The Bertz CT molecular complexity index is 739. The Morgan fingerprint density at radius 3 is 2.54 bits per heavy atom. The van der Waals surface area contributed by atoms with Gasteiger partial charge in [0.2, 0.25) is 5.91 Å². The maximum absolute atomic E-state index is 12.8. The molecule has 2 aromatic carbocycles. The highest BCUT2D eigenvalue weighted by Gasteiger charge is 2.51. The van der Waals surface area contributed by atoms with E-state index in [0.29, 0.717) is 28.6 Å². The second-order valence-corrected chi connectivity index (χ2v) is 6.39. The maximum Gasteiger partial charge on any atom is 0.235 e. The molecular formula is C19H20ClNO3. The summed E-state index contributed by atoms with van der Waals surface area (Å²) in [5.41, 5.74) is 1.83. The molecule has 0 heterocycles. The maximum atomic E-state index is 12.8. The highest BCUT2D eigenvalue weighted by Crippen LogP contribution is 2.49. The monoisotopic (exact) mass is 345 g/mol. The van der Waals surface area contributed by atoms with Crippen LogP contribution in [0.25, 0.3) is 0 Å². The molecule has 2 N–H and O–H groups in total. The van der Waals surface area contributed by atoms with E-state index in [4.69, 9.17) is 16.3 Å². The lowest BCUT2D eigenvalue weighted by atomic mass is 9.95. The molecule has 4 nitrogen and oxygen atoms in total. The molecular weight excluding hydrogens is 326 g/mol. The molecule has 0 atom stereocenters. The van der Waals surface area contributed by atoms with Crippen LogP contribution >= 0.6 is 11.6 Å². The van der Waals surface area contributed by atoms with Crippen molar-refractivity contribution in [3.63, 3.8) is 0 Å². The van der Waals surface area contributed by atoms with Gasteiger partial charge in [-0.25, -0.2) is 0 Å². The lowest BCUT2D eigenvalue weighted by Gasteiger charge is -2.17. The number of aliphatic hydroxyl groups is 1. The van der Waals surface area contributed by atoms with Crippen LogP contribution in [0.2, 0.25) is 5.02 Å². The van der Waals surface area contributed by atoms with E-state index in [0.717, 1.165) is 18.4 Å². The number of aliphatic hydroxyl groups excluding tert-OH is 1. The Morgan fingerprint density at radius 1 is 1.25 bits per heavy atom. The van der Waals surface area contributed by atoms with Gasteiger partial charge in [-0.1, -0.05) is 23.7 Å². The summed E-state index contributed by atoms with van der Waals surface area (Å²) in [4.78, 5) is 12.8. The van der Waals surface area contributed by atoms with Crippen molar-refractivity contribution in [3.8, 4) is 5.75 Å². The standard InChI is InChI=1S/C19H20ClNO3/c1-2-24-17-8-7-16(11-13(17)12-22)21-18(23)19(9-10-19)14-3-5-15(20)6-4-14/h3-8,11,22H,2,9-10,12H2,1H3,(H,21,23). The van der Waals surface area contributed by atoms with Crippen LogP contribution in [-0.2, 0) is 16.8 Å². The van der Waals surface area contributed by atoms with Gasteiger partial charge in [0.1, 0.15) is 5.75 Å². The number of carbonyl (C=O) groups is 1. The number of amides is 1. The van der Waals surface area contributed by atoms with Crippen molar-refractivity contribution in [1.82, 2.24) is 0 Å². The number of halogens is 1. The van der Waals surface area contributed by atoms with Gasteiger partial charge in [-0.05, 0) is 55.7 Å². The summed E-state index contributed by atoms with van der Waals surface area (Å²) in [5.74, 6) is 0.606. The summed E-state index contributed by atoms with van der Waals surface area (Å²) < 4.78 is 5.46. The quantitative estimate of drug-likeness (QED) is 0.834. The number of ether oxygens (including phenoxy) is 1. The molecule has 126 valence electrons. The predicted octanol–water partition coefficient (Wildman–Crippen LogP) is 3.90. The van der Waals surface area contributed by atoms with Crippen LogP contribution in [-0.4, -0.2) is 17.6 Å². The molecule has 0 spiro atoms. The molecule has 1 aliphatic carbocycles. The molecule has 1 aliphatic rings. The molecule has 0 aliphatic heterocycles. The van der Waals surface area contributed by atoms with Crippen molar-refractivity contribution in [1.29, 1.82) is 0 Å². The fourth-order valence-electron chi connectivity index (χ4n) is 2.87. The van der Waals surface area contributed by atoms with E-state index in [1.807, 2.05) is 31.2 Å². The molecule has 0 saturated heterocycles. The van der Waals surface area contributed by atoms with Crippen LogP contribution < -0.4 is 10.1 Å². The second-order valence-electron chi connectivity index (χ2n) is 5.96. The van der Waals surface area contributed by atoms with E-state index in [9.17, 15) is 9.90 Å². The summed E-state index contributed by atoms with van der Waals surface area (Å²) in [7, 11) is 0. The topological polar surface area (TPSA) is 58.6 Å². The van der Waals surface area contributed by atoms with Crippen molar-refractivity contribution >= 4 is 23.2 Å². The molecule has 0 unspecified atom stereocenters. The van der Waals surface area contributed by atoms with Crippen LogP contribution in [0, 0.1) is 0 Å². The minimum atomic E-state index is -0.470. The number of anilines is 1. The van der Waals surface area contributed by atoms with Crippen molar-refractivity contribution < 1.29 is 14.6 Å². The summed E-state index contributed by atoms with van der Waals surface area (Å²) in [6.07, 6.45) is 1.65. The zero-order chi connectivity index (χ0) is 17.2. The molecule has 1 saturated carbocycles. The van der Waals surface area contributed by atoms with Gasteiger partial charge < -0.3 is 15.2 Å². The summed E-state index contributed by atoms with van der Waals surface area (Å²) in [5, 5.41) is 13.1. The number of benzene rings is 2. The SMILES string of the molecule is CCOc1ccc(NC(=O)C2(c3ccc(Cl)cc3)CC2)cc1CO. The van der Waals surface area contributed by atoms with Crippen LogP contribution in [0.4, 0.5) is 5.69 Å². The Kier molecular flexibility index (Phi) is 4.78. The van der Waals surface area contributed by atoms with Crippen LogP contribution in [0.5, 0.6) is 5.75 Å². The third-order valence-electron chi connectivity index (χ3n) is 4.37. The Hall–Kier alpha value is -2.04. The number of hydrogen-bond donors (Lipinski definition) is 2. The first-order valence-electron chi connectivity index (χ1n) is 8.03. The van der Waals surface area contributed by atoms with E-state index >= 15 is 0 Å². The average molecular weight is 346 g/mol. The van der Waals surface area contributed by atoms with Gasteiger partial charge in [-0.3, -0.25) is 4.79 Å². The zero-order valence-corrected chi connectivity index (χ0v) is 14.3. The van der Waals surface area contributed by atoms with Gasteiger partial charge in [0.05, 0.1) is 18.6 Å². The van der Waals surface area contributed by atoms with Gasteiger partial charge in [0.15, 0.2) is 0 Å². The fraction of sp³-hybridized carbons (Fsp3) is 0.316. The molecule has 5 heteroatoms. The van der Waals surface area contributed by atoms with Gasteiger partial charge in [-0.2, -0.15) is 0 Å². The van der Waals surface area contributed by atoms with E-state index in [2.05, 4.69) is 5.32 Å². The normalized spacial score (nSPS) is 15.0. The van der Waals surface area contributed by atoms with Crippen LogP contribution in [0.3, 0.4) is 0 Å². The summed E-state index contributed by atoms with van der Waals surface area (Å²) >= 11 is 5.93. The number of rotatable bonds is 6. The van der Waals surface area contributed by atoms with Crippen molar-refractivity contribution in [3.05, 3.63) is 58.6 Å². The van der Waals surface area contributed by atoms with E-state index in [1.54, 1.807) is 18.2 Å². The van der Waals surface area contributed by atoms with Gasteiger partial charge >= 0.3 is 0 Å². The predicted molar refractivity (Wildman–Crippen MR) is 94.5 cm³/mol. The molecule has 24 heavy (non-hydrogen) atoms. The zero-order valence-electron chi connectivity index (χ0n) is 13.5. The Morgan fingerprint density at radius 2 is 1.96 bits per heavy atom. The largest absolute Gasteiger partial charge is 0.494 e. The molecule has 0 aromatic heterocycles. The second kappa shape index (κ2) is 6.83. The minimum absolute atomic E-state index is 0.0297. The van der Waals surface area contributed by atoms with E-state index in [-0.39, 0.29) is 12.5 Å². The molecule has 0 radical (unpaired) electrons. The highest BCUT2D eigenvalue weighted by molar-refractivity contribution is 6.30. The molecule has 3 rings (SSSR count). The molecule has 1 amide bonds. The average Bonchev–Trinajstić information content (AvgIpc) is 3.39. The number of nitrogens with one attached hydrogen (secondary N) is 1. The molecule has 0 bridgehead atoms. The highest BCUT2D eigenvalue weighted by atomic mass is 35.5. The number of hydrogen-bond acceptors (Lipinski definition) is 3.